The Morgan fingerprint density at radius 2 is 2.00 bits per heavy atom. The van der Waals surface area contributed by atoms with Crippen molar-refractivity contribution in [2.24, 2.45) is 0 Å². The van der Waals surface area contributed by atoms with Crippen molar-refractivity contribution in [3.05, 3.63) is 0 Å². The Balaban J connectivity index is 2.20. The number of carbonyl (C=O) groups is 1. The van der Waals surface area contributed by atoms with Gasteiger partial charge in [-0.05, 0) is 19.3 Å². The molecule has 0 saturated carbocycles. The van der Waals surface area contributed by atoms with Crippen LogP contribution in [0.4, 0.5) is 4.79 Å². The average molecular weight is 173 g/mol. The predicted molar refractivity (Wildman–Crippen MR) is 43.8 cm³/mol. The smallest absolute Gasteiger partial charge is 0.411 e. The van der Waals surface area contributed by atoms with Gasteiger partial charge in [0.1, 0.15) is 0 Å². The van der Waals surface area contributed by atoms with Crippen LogP contribution in [0, 0.1) is 0 Å². The van der Waals surface area contributed by atoms with Crippen LogP contribution in [-0.2, 0) is 9.47 Å². The maximum atomic E-state index is 11.2. The second-order valence-corrected chi connectivity index (χ2v) is 2.86. The summed E-state index contributed by atoms with van der Waals surface area (Å²) in [4.78, 5) is 12.9. The van der Waals surface area contributed by atoms with Gasteiger partial charge in [-0.2, -0.15) is 0 Å². The van der Waals surface area contributed by atoms with Gasteiger partial charge in [-0.15, -0.1) is 0 Å². The molecule has 0 aromatic rings. The van der Waals surface area contributed by atoms with E-state index in [-0.39, 0.29) is 12.9 Å². The number of carbonyl (C=O) groups excluding carboxylic acids is 1. The highest BCUT2D eigenvalue weighted by atomic mass is 16.7. The van der Waals surface area contributed by atoms with Crippen LogP contribution in [-0.4, -0.2) is 38.0 Å². The molecule has 0 unspecified atom stereocenters. The van der Waals surface area contributed by atoms with Gasteiger partial charge in [-0.25, -0.2) is 4.79 Å². The molecule has 1 rings (SSSR count). The van der Waals surface area contributed by atoms with Crippen LogP contribution in [0.3, 0.4) is 0 Å². The maximum absolute atomic E-state index is 11.2. The van der Waals surface area contributed by atoms with E-state index in [1.165, 1.54) is 13.5 Å². The lowest BCUT2D eigenvalue weighted by Crippen LogP contribution is -2.36. The normalized spacial score (nSPS) is 17.6. The van der Waals surface area contributed by atoms with Crippen molar-refractivity contribution in [2.75, 3.05) is 27.0 Å². The molecule has 0 aliphatic carbocycles. The van der Waals surface area contributed by atoms with Crippen LogP contribution in [0.2, 0.25) is 0 Å². The van der Waals surface area contributed by atoms with Crippen molar-refractivity contribution >= 4 is 6.09 Å². The third-order valence-corrected chi connectivity index (χ3v) is 1.91. The number of ether oxygens (including phenoxy) is 2. The molecule has 1 amide bonds. The van der Waals surface area contributed by atoms with Gasteiger partial charge in [0.15, 0.2) is 6.79 Å². The van der Waals surface area contributed by atoms with E-state index in [1.807, 2.05) is 0 Å². The van der Waals surface area contributed by atoms with E-state index < -0.39 is 0 Å². The number of methoxy groups -OCH3 is 1. The molecule has 1 aliphatic heterocycles. The van der Waals surface area contributed by atoms with Gasteiger partial charge in [0.05, 0.1) is 0 Å². The molecule has 0 atom stereocenters. The molecule has 0 bridgehead atoms. The van der Waals surface area contributed by atoms with Gasteiger partial charge in [-0.1, -0.05) is 0 Å². The summed E-state index contributed by atoms with van der Waals surface area (Å²) in [6.07, 6.45) is 3.13. The van der Waals surface area contributed by atoms with Crippen LogP contribution in [0.5, 0.6) is 0 Å². The van der Waals surface area contributed by atoms with Gasteiger partial charge >= 0.3 is 6.09 Å². The Hall–Kier alpha value is -0.770. The van der Waals surface area contributed by atoms with Gasteiger partial charge in [0.25, 0.3) is 0 Å². The second kappa shape index (κ2) is 4.98. The quantitative estimate of drug-likeness (QED) is 0.589. The molecule has 4 nitrogen and oxygen atoms in total. The molecule has 1 heterocycles. The van der Waals surface area contributed by atoms with Gasteiger partial charge < -0.3 is 14.4 Å². The van der Waals surface area contributed by atoms with E-state index in [1.54, 1.807) is 4.90 Å². The van der Waals surface area contributed by atoms with Gasteiger partial charge in [0, 0.05) is 20.2 Å². The van der Waals surface area contributed by atoms with Crippen molar-refractivity contribution in [2.45, 2.75) is 19.3 Å². The zero-order valence-corrected chi connectivity index (χ0v) is 7.41. The lowest BCUT2D eigenvalue weighted by molar-refractivity contribution is -0.00640. The molecule has 0 aromatic heterocycles. The number of rotatable bonds is 2. The number of hydrogen-bond donors (Lipinski definition) is 0. The highest BCUT2D eigenvalue weighted by Gasteiger charge is 2.16. The van der Waals surface area contributed by atoms with Gasteiger partial charge in [0.2, 0.25) is 0 Å². The SMILES string of the molecule is COCOC(=O)N1CCCCC1. The summed E-state index contributed by atoms with van der Waals surface area (Å²) in [6.45, 7) is 1.69. The molecule has 0 spiro atoms. The first-order valence-electron chi connectivity index (χ1n) is 4.25. The molecule has 12 heavy (non-hydrogen) atoms. The Morgan fingerprint density at radius 3 is 2.58 bits per heavy atom. The Kier molecular flexibility index (Phi) is 3.87. The molecule has 1 aliphatic rings. The first-order valence-corrected chi connectivity index (χ1v) is 4.25. The summed E-state index contributed by atoms with van der Waals surface area (Å²) in [6, 6.07) is 0. The number of hydrogen-bond acceptors (Lipinski definition) is 3. The van der Waals surface area contributed by atoms with Crippen LogP contribution in [0.1, 0.15) is 19.3 Å². The number of piperidine rings is 1. The minimum Gasteiger partial charge on any atom is -0.422 e. The fraction of sp³-hybridized carbons (Fsp3) is 0.875. The van der Waals surface area contributed by atoms with Crippen molar-refractivity contribution in [1.29, 1.82) is 0 Å². The van der Waals surface area contributed by atoms with Crippen molar-refractivity contribution in [1.82, 2.24) is 4.90 Å². The van der Waals surface area contributed by atoms with E-state index in [2.05, 4.69) is 4.74 Å². The first-order chi connectivity index (χ1) is 5.84. The summed E-state index contributed by atoms with van der Waals surface area (Å²) >= 11 is 0. The zero-order valence-electron chi connectivity index (χ0n) is 7.41. The Morgan fingerprint density at radius 1 is 1.33 bits per heavy atom. The molecular formula is C8H15NO3. The van der Waals surface area contributed by atoms with Crippen molar-refractivity contribution in [3.63, 3.8) is 0 Å². The number of nitrogens with zero attached hydrogens (tertiary/aromatic N) is 1. The molecule has 1 fully saturated rings. The van der Waals surface area contributed by atoms with Crippen LogP contribution in [0.25, 0.3) is 0 Å². The molecule has 0 N–H and O–H groups in total. The largest absolute Gasteiger partial charge is 0.422 e. The lowest BCUT2D eigenvalue weighted by atomic mass is 10.1. The predicted octanol–water partition coefficient (Wildman–Crippen LogP) is 1.21. The highest BCUT2D eigenvalue weighted by Crippen LogP contribution is 2.09. The van der Waals surface area contributed by atoms with E-state index in [9.17, 15) is 4.79 Å². The molecule has 1 saturated heterocycles. The van der Waals surface area contributed by atoms with E-state index in [0.717, 1.165) is 25.9 Å². The van der Waals surface area contributed by atoms with E-state index in [4.69, 9.17) is 4.74 Å². The van der Waals surface area contributed by atoms with Crippen molar-refractivity contribution in [3.8, 4) is 0 Å². The topological polar surface area (TPSA) is 38.8 Å². The number of amides is 1. The summed E-state index contributed by atoms with van der Waals surface area (Å²) in [5.41, 5.74) is 0. The molecule has 0 radical (unpaired) electrons. The van der Waals surface area contributed by atoms with Crippen LogP contribution >= 0.6 is 0 Å². The third-order valence-electron chi connectivity index (χ3n) is 1.91. The highest BCUT2D eigenvalue weighted by molar-refractivity contribution is 5.67. The average Bonchev–Trinajstić information content (AvgIpc) is 2.15. The third kappa shape index (κ3) is 2.70. The van der Waals surface area contributed by atoms with E-state index in [0.29, 0.717) is 0 Å². The van der Waals surface area contributed by atoms with Crippen LogP contribution < -0.4 is 0 Å². The zero-order chi connectivity index (χ0) is 8.81. The van der Waals surface area contributed by atoms with Crippen LogP contribution in [0.15, 0.2) is 0 Å². The Labute approximate surface area is 72.4 Å². The van der Waals surface area contributed by atoms with Crippen molar-refractivity contribution < 1.29 is 14.3 Å². The minimum absolute atomic E-state index is 0.0509. The fourth-order valence-corrected chi connectivity index (χ4v) is 1.28. The summed E-state index contributed by atoms with van der Waals surface area (Å²) < 4.78 is 9.43. The molecule has 0 aromatic carbocycles. The molecular weight excluding hydrogens is 158 g/mol. The summed E-state index contributed by atoms with van der Waals surface area (Å²) in [5, 5.41) is 0. The molecule has 4 heteroatoms. The maximum Gasteiger partial charge on any atom is 0.411 e. The van der Waals surface area contributed by atoms with E-state index >= 15 is 0 Å². The summed E-state index contributed by atoms with van der Waals surface area (Å²) in [5.74, 6) is 0. The number of likely N-dealkylation sites (tertiary alicyclic amines) is 1. The lowest BCUT2D eigenvalue weighted by Gasteiger charge is -2.25. The summed E-state index contributed by atoms with van der Waals surface area (Å²) in [7, 11) is 1.50. The molecule has 70 valence electrons. The standard InChI is InChI=1S/C8H15NO3/c1-11-7-12-8(10)9-5-3-2-4-6-9/h2-7H2,1H3. The second-order valence-electron chi connectivity index (χ2n) is 2.86. The monoisotopic (exact) mass is 173 g/mol. The van der Waals surface area contributed by atoms with Gasteiger partial charge in [-0.3, -0.25) is 0 Å². The minimum atomic E-state index is -0.253. The first kappa shape index (κ1) is 9.32. The Bertz CT molecular complexity index is 143. The fourth-order valence-electron chi connectivity index (χ4n) is 1.28.